The fourth-order valence-corrected chi connectivity index (χ4v) is 10.6. The van der Waals surface area contributed by atoms with Crippen LogP contribution in [0.4, 0.5) is 5.69 Å². The Hall–Kier alpha value is -3.19. The van der Waals surface area contributed by atoms with Gasteiger partial charge >= 0.3 is 0 Å². The van der Waals surface area contributed by atoms with Crippen LogP contribution >= 0.6 is 11.3 Å². The minimum Gasteiger partial charge on any atom is -0.399 e. The Kier molecular flexibility index (Phi) is 15.7. The highest BCUT2D eigenvalue weighted by atomic mass is 32.1. The van der Waals surface area contributed by atoms with E-state index in [0.29, 0.717) is 37.0 Å². The number of carbonyl (C=O) groups excluding carboxylic acids is 4. The zero-order valence-corrected chi connectivity index (χ0v) is 35.8. The molecule has 56 heavy (non-hydrogen) atoms. The maximum Gasteiger partial charge on any atom is 0.226 e. The molecular weight excluding hydrogens is 727 g/mol. The monoisotopic (exact) mass is 793 g/mol. The lowest BCUT2D eigenvalue weighted by atomic mass is 9.83. The molecule has 1 aliphatic carbocycles. The number of methoxy groups -OCH3 is 2. The number of likely N-dealkylation sites (tertiary alicyclic amines) is 1. The number of ketones is 2. The van der Waals surface area contributed by atoms with E-state index in [1.54, 1.807) is 36.7 Å². The number of aromatic nitrogens is 1. The third kappa shape index (κ3) is 10.3. The van der Waals surface area contributed by atoms with E-state index in [2.05, 4.69) is 24.1 Å². The Bertz CT molecular complexity index is 1620. The number of nitrogens with one attached hydrogen (secondary N) is 1. The third-order valence-electron chi connectivity index (χ3n) is 13.3. The number of thiazole rings is 1. The predicted molar refractivity (Wildman–Crippen MR) is 221 cm³/mol. The molecule has 0 spiro atoms. The van der Waals surface area contributed by atoms with Crippen molar-refractivity contribution in [3.8, 4) is 0 Å². The van der Waals surface area contributed by atoms with Gasteiger partial charge < -0.3 is 30.3 Å². The molecule has 5 rings (SSSR count). The molecule has 1 aromatic carbocycles. The molecule has 3 heterocycles. The summed E-state index contributed by atoms with van der Waals surface area (Å²) in [4.78, 5) is 64.5. The van der Waals surface area contributed by atoms with Gasteiger partial charge in [0, 0.05) is 81.7 Å². The molecule has 3 N–H and O–H groups in total. The Morgan fingerprint density at radius 2 is 1.82 bits per heavy atom. The molecule has 2 aromatic rings. The second-order valence-corrected chi connectivity index (χ2v) is 18.1. The number of benzene rings is 1. The van der Waals surface area contributed by atoms with E-state index in [0.717, 1.165) is 49.1 Å². The van der Waals surface area contributed by atoms with Gasteiger partial charge in [0.15, 0.2) is 5.78 Å². The molecule has 0 radical (unpaired) electrons. The van der Waals surface area contributed by atoms with Crippen molar-refractivity contribution in [3.05, 3.63) is 46.4 Å². The summed E-state index contributed by atoms with van der Waals surface area (Å²) in [6.45, 7) is 10.7. The fourth-order valence-electron chi connectivity index (χ4n) is 9.89. The predicted octanol–water partition coefficient (Wildman–Crippen LogP) is 6.30. The molecule has 11 nitrogen and oxygen atoms in total. The van der Waals surface area contributed by atoms with E-state index in [1.807, 2.05) is 62.4 Å². The molecule has 12 heteroatoms. The van der Waals surface area contributed by atoms with Gasteiger partial charge in [0.05, 0.1) is 41.8 Å². The largest absolute Gasteiger partial charge is 0.399 e. The second-order valence-electron chi connectivity index (χ2n) is 17.2. The number of nitrogen functional groups attached to an aromatic ring is 1. The quantitative estimate of drug-likeness (QED) is 0.139. The normalized spacial score (nSPS) is 24.4. The molecule has 1 aromatic heterocycles. The summed E-state index contributed by atoms with van der Waals surface area (Å²) in [5, 5.41) is 6.36. The Morgan fingerprint density at radius 3 is 2.41 bits per heavy atom. The number of Topliss-reactive ketones (excluding diaryl/α,β-unsaturated/α-hetero) is 2. The summed E-state index contributed by atoms with van der Waals surface area (Å²) >= 11 is 1.55. The van der Waals surface area contributed by atoms with Gasteiger partial charge in [-0.15, -0.1) is 11.3 Å². The minimum absolute atomic E-state index is 0.0253. The van der Waals surface area contributed by atoms with Crippen molar-refractivity contribution in [2.45, 2.75) is 141 Å². The van der Waals surface area contributed by atoms with Crippen LogP contribution in [0, 0.1) is 29.6 Å². The molecule has 1 saturated carbocycles. The molecule has 2 aliphatic heterocycles. The standard InChI is InChI=1S/C44H67N5O6S/c1-9-27(4)41(48(6)44(53)34(26(2)3)24-37(51)40-30-15-16-33(22-30)47-40)38(54-7)25-39(52)49-18-11-14-35(49)42(55-8)28(5)36(50)23-31(43-46-17-19-56-43)20-29-12-10-13-32(45)21-29/h10,12-13,17,19,21,26-28,30-31,33-35,38,40-42,47H,9,11,14-16,18,20,22-25,45H2,1-8H3/t27-,28-,30-,31+,33-,34-,35-,38+,40-,41-,42+/m0/s1. The smallest absolute Gasteiger partial charge is 0.226 e. The topological polar surface area (TPSA) is 144 Å². The van der Waals surface area contributed by atoms with Gasteiger partial charge in [-0.3, -0.25) is 19.2 Å². The van der Waals surface area contributed by atoms with Crippen LogP contribution in [0.5, 0.6) is 0 Å². The maximum absolute atomic E-state index is 14.4. The van der Waals surface area contributed by atoms with Crippen LogP contribution in [0.15, 0.2) is 35.8 Å². The van der Waals surface area contributed by atoms with Crippen LogP contribution < -0.4 is 11.1 Å². The number of amides is 2. The molecule has 3 aliphatic rings. The number of hydrogen-bond acceptors (Lipinski definition) is 10. The number of nitrogens with two attached hydrogens (primary N) is 1. The fraction of sp³-hybridized carbons (Fsp3) is 0.705. The van der Waals surface area contributed by atoms with Gasteiger partial charge in [0.25, 0.3) is 0 Å². The maximum atomic E-state index is 14.4. The number of piperidine rings is 1. The molecule has 3 fully saturated rings. The highest BCUT2D eigenvalue weighted by Crippen LogP contribution is 2.38. The summed E-state index contributed by atoms with van der Waals surface area (Å²) in [5.74, 6) is -0.577. The van der Waals surface area contributed by atoms with E-state index in [4.69, 9.17) is 15.2 Å². The van der Waals surface area contributed by atoms with Crippen molar-refractivity contribution in [1.29, 1.82) is 0 Å². The van der Waals surface area contributed by atoms with Crippen LogP contribution in [-0.2, 0) is 35.1 Å². The molecule has 2 bridgehead atoms. The van der Waals surface area contributed by atoms with Gasteiger partial charge in [-0.2, -0.15) is 0 Å². The van der Waals surface area contributed by atoms with Crippen LogP contribution in [0.2, 0.25) is 0 Å². The lowest BCUT2D eigenvalue weighted by Gasteiger charge is -2.41. The first-order valence-corrected chi connectivity index (χ1v) is 21.8. The van der Waals surface area contributed by atoms with Gasteiger partial charge in [-0.1, -0.05) is 53.2 Å². The highest BCUT2D eigenvalue weighted by Gasteiger charge is 2.46. The van der Waals surface area contributed by atoms with Crippen LogP contribution in [-0.4, -0.2) is 102 Å². The van der Waals surface area contributed by atoms with E-state index in [1.165, 1.54) is 0 Å². The summed E-state index contributed by atoms with van der Waals surface area (Å²) < 4.78 is 12.2. The number of rotatable bonds is 21. The molecule has 2 saturated heterocycles. The van der Waals surface area contributed by atoms with Crippen LogP contribution in [0.3, 0.4) is 0 Å². The number of nitrogens with zero attached hydrogens (tertiary/aromatic N) is 3. The summed E-state index contributed by atoms with van der Waals surface area (Å²) in [5.41, 5.74) is 7.81. The van der Waals surface area contributed by atoms with Crippen molar-refractivity contribution in [3.63, 3.8) is 0 Å². The first-order valence-electron chi connectivity index (χ1n) is 20.9. The summed E-state index contributed by atoms with van der Waals surface area (Å²) in [6, 6.07) is 7.38. The molecule has 0 unspecified atom stereocenters. The van der Waals surface area contributed by atoms with E-state index >= 15 is 0 Å². The number of hydrogen-bond donors (Lipinski definition) is 2. The molecular formula is C44H67N5O6S. The Balaban J connectivity index is 1.26. The van der Waals surface area contributed by atoms with Gasteiger partial charge in [0.2, 0.25) is 11.8 Å². The van der Waals surface area contributed by atoms with Crippen molar-refractivity contribution in [2.75, 3.05) is 33.5 Å². The number of ether oxygens (including phenoxy) is 2. The first-order chi connectivity index (χ1) is 26.8. The third-order valence-corrected chi connectivity index (χ3v) is 14.2. The average Bonchev–Trinajstić information content (AvgIpc) is 4.03. The van der Waals surface area contributed by atoms with Crippen molar-refractivity contribution < 1.29 is 28.7 Å². The lowest BCUT2D eigenvalue weighted by molar-refractivity contribution is -0.149. The SMILES string of the molecule is CC[C@H](C)[C@@H]([C@@H](CC(=O)N1CCC[C@H]1[C@H](OC)[C@@H](C)C(=O)C[C@@H](Cc1cccc(N)c1)c1nccs1)OC)N(C)C(=O)[C@@H](CC(=O)[C@H]1N[C@H]2CC[C@H]1C2)C(C)C. The Morgan fingerprint density at radius 1 is 1.05 bits per heavy atom. The van der Waals surface area contributed by atoms with Crippen molar-refractivity contribution in [1.82, 2.24) is 20.1 Å². The van der Waals surface area contributed by atoms with Crippen LogP contribution in [0.1, 0.15) is 109 Å². The number of fused-ring (bicyclic) bond motifs is 2. The van der Waals surface area contributed by atoms with Crippen molar-refractivity contribution in [2.24, 2.45) is 29.6 Å². The second kappa shape index (κ2) is 20.0. The number of anilines is 1. The average molecular weight is 794 g/mol. The zero-order chi connectivity index (χ0) is 40.7. The Labute approximate surface area is 338 Å². The van der Waals surface area contributed by atoms with E-state index in [-0.39, 0.29) is 72.1 Å². The number of likely N-dealkylation sites (N-methyl/N-ethyl adjacent to an activating group) is 1. The summed E-state index contributed by atoms with van der Waals surface area (Å²) in [7, 11) is 5.05. The van der Waals surface area contributed by atoms with E-state index in [9.17, 15) is 19.2 Å². The summed E-state index contributed by atoms with van der Waals surface area (Å²) in [6.07, 6.45) is 7.54. The van der Waals surface area contributed by atoms with Crippen LogP contribution in [0.25, 0.3) is 0 Å². The highest BCUT2D eigenvalue weighted by molar-refractivity contribution is 7.09. The van der Waals surface area contributed by atoms with Gasteiger partial charge in [0.1, 0.15) is 5.78 Å². The minimum atomic E-state index is -0.561. The number of carbonyl (C=O) groups is 4. The van der Waals surface area contributed by atoms with Gasteiger partial charge in [-0.05, 0) is 74.0 Å². The molecule has 310 valence electrons. The van der Waals surface area contributed by atoms with Gasteiger partial charge in [-0.25, -0.2) is 4.98 Å². The van der Waals surface area contributed by atoms with Crippen molar-refractivity contribution >= 4 is 40.4 Å². The zero-order valence-electron chi connectivity index (χ0n) is 34.9. The lowest BCUT2D eigenvalue weighted by Crippen LogP contribution is -2.54. The van der Waals surface area contributed by atoms with E-state index < -0.39 is 24.0 Å². The molecule has 2 amide bonds. The first kappa shape index (κ1) is 43.9. The molecule has 11 atom stereocenters.